The van der Waals surface area contributed by atoms with Gasteiger partial charge in [-0.25, -0.2) is 4.98 Å². The van der Waals surface area contributed by atoms with E-state index < -0.39 is 0 Å². The van der Waals surface area contributed by atoms with Gasteiger partial charge in [0.1, 0.15) is 5.75 Å². The van der Waals surface area contributed by atoms with Crippen molar-refractivity contribution in [3.8, 4) is 17.0 Å². The predicted molar refractivity (Wildman–Crippen MR) is 138 cm³/mol. The van der Waals surface area contributed by atoms with Crippen LogP contribution >= 0.6 is 11.6 Å². The summed E-state index contributed by atoms with van der Waals surface area (Å²) in [5.41, 5.74) is 5.54. The van der Waals surface area contributed by atoms with Gasteiger partial charge in [-0.2, -0.15) is 0 Å². The molecule has 0 bridgehead atoms. The molecule has 34 heavy (non-hydrogen) atoms. The summed E-state index contributed by atoms with van der Waals surface area (Å²) >= 11 is 6.23. The monoisotopic (exact) mass is 471 g/mol. The standard InChI is InChI=1S/C28H26ClN3O2/c1-19-7-10-21(29)17-27(19)31-13-15-32(16-14-31)28(33)24-18-26(20-8-11-22(34-2)12-9-20)30-25-6-4-3-5-23(24)25/h3-12,17-18H,13-16H2,1-2H3. The van der Waals surface area contributed by atoms with Crippen molar-refractivity contribution in [3.05, 3.63) is 88.9 Å². The number of nitrogens with zero attached hydrogens (tertiary/aromatic N) is 3. The molecule has 3 aromatic carbocycles. The Kier molecular flexibility index (Phi) is 6.12. The molecule has 0 N–H and O–H groups in total. The fraction of sp³-hybridized carbons (Fsp3) is 0.214. The number of carbonyl (C=O) groups is 1. The first-order valence-electron chi connectivity index (χ1n) is 11.4. The summed E-state index contributed by atoms with van der Waals surface area (Å²) in [6, 6.07) is 23.5. The minimum atomic E-state index is 0.0378. The summed E-state index contributed by atoms with van der Waals surface area (Å²) in [6.45, 7) is 4.92. The molecular weight excluding hydrogens is 446 g/mol. The summed E-state index contributed by atoms with van der Waals surface area (Å²) in [5, 5.41) is 1.60. The summed E-state index contributed by atoms with van der Waals surface area (Å²) in [7, 11) is 1.65. The van der Waals surface area contributed by atoms with Crippen LogP contribution in [0.1, 0.15) is 15.9 Å². The first-order valence-corrected chi connectivity index (χ1v) is 11.8. The molecule has 5 rings (SSSR count). The molecule has 0 spiro atoms. The number of fused-ring (bicyclic) bond motifs is 1. The van der Waals surface area contributed by atoms with Crippen molar-refractivity contribution >= 4 is 34.1 Å². The number of methoxy groups -OCH3 is 1. The van der Waals surface area contributed by atoms with Crippen molar-refractivity contribution in [2.75, 3.05) is 38.2 Å². The number of aromatic nitrogens is 1. The summed E-state index contributed by atoms with van der Waals surface area (Å²) in [6.07, 6.45) is 0. The van der Waals surface area contributed by atoms with Gasteiger partial charge in [0.25, 0.3) is 5.91 Å². The van der Waals surface area contributed by atoms with Gasteiger partial charge in [0, 0.05) is 47.8 Å². The Morgan fingerprint density at radius 2 is 1.68 bits per heavy atom. The number of hydrogen-bond acceptors (Lipinski definition) is 4. The number of aryl methyl sites for hydroxylation is 1. The van der Waals surface area contributed by atoms with Gasteiger partial charge in [-0.05, 0) is 61.0 Å². The minimum Gasteiger partial charge on any atom is -0.497 e. The van der Waals surface area contributed by atoms with Gasteiger partial charge in [-0.15, -0.1) is 0 Å². The molecule has 0 radical (unpaired) electrons. The first-order chi connectivity index (χ1) is 16.5. The molecule has 2 heterocycles. The molecule has 172 valence electrons. The topological polar surface area (TPSA) is 45.7 Å². The molecule has 0 unspecified atom stereocenters. The van der Waals surface area contributed by atoms with Crippen LogP contribution in [0.2, 0.25) is 5.02 Å². The maximum absolute atomic E-state index is 13.7. The van der Waals surface area contributed by atoms with Gasteiger partial charge in [0.05, 0.1) is 23.9 Å². The zero-order chi connectivity index (χ0) is 23.7. The van der Waals surface area contributed by atoms with Crippen LogP contribution in [0, 0.1) is 6.92 Å². The summed E-state index contributed by atoms with van der Waals surface area (Å²) in [5.74, 6) is 0.824. The zero-order valence-electron chi connectivity index (χ0n) is 19.3. The number of benzene rings is 3. The quantitative estimate of drug-likeness (QED) is 0.375. The van der Waals surface area contributed by atoms with E-state index in [4.69, 9.17) is 21.3 Å². The van der Waals surface area contributed by atoms with Gasteiger partial charge in [-0.3, -0.25) is 4.79 Å². The van der Waals surface area contributed by atoms with Crippen LogP contribution in [0.4, 0.5) is 5.69 Å². The van der Waals surface area contributed by atoms with E-state index in [0.29, 0.717) is 18.7 Å². The summed E-state index contributed by atoms with van der Waals surface area (Å²) < 4.78 is 5.28. The molecule has 0 atom stereocenters. The number of anilines is 1. The minimum absolute atomic E-state index is 0.0378. The lowest BCUT2D eigenvalue weighted by Crippen LogP contribution is -2.49. The Labute approximate surface area is 204 Å². The Bertz CT molecular complexity index is 1350. The lowest BCUT2D eigenvalue weighted by Gasteiger charge is -2.37. The van der Waals surface area contributed by atoms with Crippen LogP contribution in [0.5, 0.6) is 5.75 Å². The highest BCUT2D eigenvalue weighted by Gasteiger charge is 2.25. The molecular formula is C28H26ClN3O2. The fourth-order valence-corrected chi connectivity index (χ4v) is 4.67. The average molecular weight is 472 g/mol. The molecule has 6 heteroatoms. The molecule has 1 aromatic heterocycles. The van der Waals surface area contributed by atoms with E-state index in [9.17, 15) is 4.79 Å². The molecule has 1 saturated heterocycles. The third-order valence-corrected chi connectivity index (χ3v) is 6.65. The second-order valence-electron chi connectivity index (χ2n) is 8.51. The Hall–Kier alpha value is -3.57. The number of carbonyl (C=O) groups excluding carboxylic acids is 1. The van der Waals surface area contributed by atoms with Crippen LogP contribution < -0.4 is 9.64 Å². The molecule has 1 amide bonds. The number of amides is 1. The second kappa shape index (κ2) is 9.35. The third-order valence-electron chi connectivity index (χ3n) is 6.41. The van der Waals surface area contributed by atoms with E-state index >= 15 is 0 Å². The highest BCUT2D eigenvalue weighted by molar-refractivity contribution is 6.30. The maximum atomic E-state index is 13.7. The van der Waals surface area contributed by atoms with Crippen LogP contribution in [-0.4, -0.2) is 49.1 Å². The number of rotatable bonds is 4. The summed E-state index contributed by atoms with van der Waals surface area (Å²) in [4.78, 5) is 22.8. The lowest BCUT2D eigenvalue weighted by molar-refractivity contribution is 0.0748. The van der Waals surface area contributed by atoms with E-state index in [0.717, 1.165) is 51.7 Å². The highest BCUT2D eigenvalue weighted by Crippen LogP contribution is 2.29. The SMILES string of the molecule is COc1ccc(-c2cc(C(=O)N3CCN(c4cc(Cl)ccc4C)CC3)c3ccccc3n2)cc1. The second-order valence-corrected chi connectivity index (χ2v) is 8.95. The van der Waals surface area contributed by atoms with Gasteiger partial charge < -0.3 is 14.5 Å². The number of ether oxygens (including phenoxy) is 1. The molecule has 0 aliphatic carbocycles. The molecule has 1 aliphatic heterocycles. The lowest BCUT2D eigenvalue weighted by atomic mass is 10.0. The third kappa shape index (κ3) is 4.31. The van der Waals surface area contributed by atoms with Crippen molar-refractivity contribution < 1.29 is 9.53 Å². The van der Waals surface area contributed by atoms with E-state index in [1.54, 1.807) is 7.11 Å². The van der Waals surface area contributed by atoms with E-state index in [1.165, 1.54) is 5.56 Å². The molecule has 0 saturated carbocycles. The van der Waals surface area contributed by atoms with Crippen molar-refractivity contribution in [1.82, 2.24) is 9.88 Å². The van der Waals surface area contributed by atoms with Crippen molar-refractivity contribution in [2.45, 2.75) is 6.92 Å². The van der Waals surface area contributed by atoms with E-state index in [1.807, 2.05) is 77.7 Å². The van der Waals surface area contributed by atoms with Crippen LogP contribution in [0.15, 0.2) is 72.8 Å². The van der Waals surface area contributed by atoms with Crippen LogP contribution in [0.3, 0.4) is 0 Å². The van der Waals surface area contributed by atoms with Crippen molar-refractivity contribution in [1.29, 1.82) is 0 Å². The molecule has 1 fully saturated rings. The normalized spacial score (nSPS) is 13.9. The largest absolute Gasteiger partial charge is 0.497 e. The van der Waals surface area contributed by atoms with E-state index in [2.05, 4.69) is 11.8 Å². The molecule has 4 aromatic rings. The molecule has 1 aliphatic rings. The van der Waals surface area contributed by atoms with Crippen LogP contribution in [-0.2, 0) is 0 Å². The maximum Gasteiger partial charge on any atom is 0.254 e. The highest BCUT2D eigenvalue weighted by atomic mass is 35.5. The Balaban J connectivity index is 1.43. The fourth-order valence-electron chi connectivity index (χ4n) is 4.51. The molecule has 5 nitrogen and oxygen atoms in total. The van der Waals surface area contributed by atoms with E-state index in [-0.39, 0.29) is 5.91 Å². The number of halogens is 1. The average Bonchev–Trinajstić information content (AvgIpc) is 2.89. The number of piperazine rings is 1. The number of para-hydroxylation sites is 1. The van der Waals surface area contributed by atoms with Gasteiger partial charge in [0.2, 0.25) is 0 Å². The Morgan fingerprint density at radius 3 is 2.41 bits per heavy atom. The van der Waals surface area contributed by atoms with Crippen molar-refractivity contribution in [2.24, 2.45) is 0 Å². The first kappa shape index (κ1) is 22.2. The number of pyridine rings is 1. The van der Waals surface area contributed by atoms with Crippen LogP contribution in [0.25, 0.3) is 22.2 Å². The zero-order valence-corrected chi connectivity index (χ0v) is 20.0. The van der Waals surface area contributed by atoms with Crippen molar-refractivity contribution in [3.63, 3.8) is 0 Å². The van der Waals surface area contributed by atoms with Gasteiger partial charge in [-0.1, -0.05) is 35.9 Å². The number of hydrogen-bond donors (Lipinski definition) is 0. The smallest absolute Gasteiger partial charge is 0.254 e. The predicted octanol–water partition coefficient (Wildman–Crippen LogP) is 5.83. The van der Waals surface area contributed by atoms with Gasteiger partial charge >= 0.3 is 0 Å². The van der Waals surface area contributed by atoms with Gasteiger partial charge in [0.15, 0.2) is 0 Å². The Morgan fingerprint density at radius 1 is 0.941 bits per heavy atom.